The molecule has 0 spiro atoms. The molecule has 0 aromatic heterocycles. The maximum Gasteiger partial charge on any atom is 0.466 e. The highest BCUT2D eigenvalue weighted by molar-refractivity contribution is 7.46. The van der Waals surface area contributed by atoms with Gasteiger partial charge in [-0.2, -0.15) is 0 Å². The third kappa shape index (κ3) is 23500. The quantitative estimate of drug-likeness (QED) is 0.324. The third-order valence-electron chi connectivity index (χ3n) is 0. The van der Waals surface area contributed by atoms with Crippen molar-refractivity contribution < 1.29 is 19.2 Å². The highest BCUT2D eigenvalue weighted by Gasteiger charge is 2.00. The first-order chi connectivity index (χ1) is 5.00. The van der Waals surface area contributed by atoms with Crippen LogP contribution in [0.15, 0.2) is 0 Å². The summed E-state index contributed by atoms with van der Waals surface area (Å²) in [6.45, 7) is 0. The Hall–Kier alpha value is 0.170. The topological polar surface area (TPSA) is 149 Å². The predicted octanol–water partition coefficient (Wildman–Crippen LogP) is -0.0416. The summed E-state index contributed by atoms with van der Waals surface area (Å²) in [5.41, 5.74) is 0. The summed E-state index contributed by atoms with van der Waals surface area (Å²) < 4.78 is 24.9. The number of hydrogen-bond donors (Lipinski definition) is 6. The molecular formula is H6N3O4PS3. The fraction of sp³-hybridized carbons (Fsp3) is 0. The molecule has 0 aliphatic rings. The lowest BCUT2D eigenvalue weighted by molar-refractivity contribution is 0.275. The molecule has 0 amide bonds. The molecule has 68 valence electrons. The van der Waals surface area contributed by atoms with Crippen molar-refractivity contribution in [3.8, 4) is 0 Å². The van der Waals surface area contributed by atoms with Gasteiger partial charge in [-0.25, -0.2) is 18.9 Å². The maximum absolute atomic E-state index is 8.88. The van der Waals surface area contributed by atoms with Gasteiger partial charge in [-0.05, 0) is 0 Å². The first-order valence-electron chi connectivity index (χ1n) is 1.39. The van der Waals surface area contributed by atoms with Crippen molar-refractivity contribution >= 4 is 45.1 Å². The minimum absolute atomic E-state index is 3.33. The fourth-order valence-electron chi connectivity index (χ4n) is 0. The monoisotopic (exact) mass is 239 g/mol. The largest absolute Gasteiger partial charge is 0.466 e. The van der Waals surface area contributed by atoms with Crippen molar-refractivity contribution in [1.82, 2.24) is 0 Å². The number of phosphoric acid groups is 1. The van der Waals surface area contributed by atoms with E-state index in [1.807, 2.05) is 0 Å². The van der Waals surface area contributed by atoms with Gasteiger partial charge in [0.05, 0.1) is 0 Å². The van der Waals surface area contributed by atoms with Gasteiger partial charge in [0.25, 0.3) is 0 Å². The van der Waals surface area contributed by atoms with Gasteiger partial charge in [0.1, 0.15) is 0 Å². The van der Waals surface area contributed by atoms with E-state index in [9.17, 15) is 0 Å². The van der Waals surface area contributed by atoms with E-state index in [4.69, 9.17) is 33.6 Å². The Kier molecular flexibility index (Phi) is 45.9. The molecule has 0 radical (unpaired) electrons. The van der Waals surface area contributed by atoms with Crippen LogP contribution in [0, 0.1) is 14.3 Å². The Balaban J connectivity index is -0.0000000350. The van der Waals surface area contributed by atoms with Crippen LogP contribution in [0.3, 0.4) is 0 Å². The van der Waals surface area contributed by atoms with E-state index in [1.165, 1.54) is 0 Å². The molecular weight excluding hydrogens is 233 g/mol. The lowest BCUT2D eigenvalue weighted by atomic mass is 14.0. The van der Waals surface area contributed by atoms with Crippen LogP contribution < -0.4 is 0 Å². The minimum Gasteiger partial charge on any atom is -0.303 e. The van der Waals surface area contributed by atoms with Crippen LogP contribution in [-0.4, -0.2) is 14.7 Å². The zero-order valence-corrected chi connectivity index (χ0v) is 8.27. The molecule has 7 nitrogen and oxygen atoms in total. The molecule has 0 atom stereocenters. The summed E-state index contributed by atoms with van der Waals surface area (Å²) in [6, 6.07) is 0. The highest BCUT2D eigenvalue weighted by atomic mass is 32.1. The van der Waals surface area contributed by atoms with Crippen molar-refractivity contribution in [2.75, 3.05) is 0 Å². The Labute approximate surface area is 79.0 Å². The van der Waals surface area contributed by atoms with Crippen molar-refractivity contribution in [2.24, 2.45) is 0 Å². The molecule has 0 aliphatic heterocycles. The second-order valence-electron chi connectivity index (χ2n) is 0.513. The van der Waals surface area contributed by atoms with Crippen molar-refractivity contribution in [3.05, 3.63) is 0 Å². The predicted molar refractivity (Wildman–Crippen MR) is 44.5 cm³/mol. The van der Waals surface area contributed by atoms with Crippen LogP contribution in [0.25, 0.3) is 0 Å². The average molecular weight is 239 g/mol. The lowest BCUT2D eigenvalue weighted by Crippen LogP contribution is -1.66. The van der Waals surface area contributed by atoms with E-state index in [1.54, 1.807) is 0 Å². The molecule has 0 bridgehead atoms. The Bertz CT molecular complexity index is 91.7. The molecule has 0 aliphatic carbocycles. The van der Waals surface area contributed by atoms with E-state index in [-0.39, 0.29) is 0 Å². The molecule has 11 heteroatoms. The molecule has 0 saturated carbocycles. The second kappa shape index (κ2) is 22.5. The SMILES string of the molecule is N=S.N=S.N=S.O=P(O)(O)O. The molecule has 11 heavy (non-hydrogen) atoms. The van der Waals surface area contributed by atoms with Gasteiger partial charge in [0.2, 0.25) is 0 Å². The van der Waals surface area contributed by atoms with Crippen LogP contribution in [0.5, 0.6) is 0 Å². The standard InChI is InChI=1S/3HNS.H3O4P/c3*1-2;1-5(2,3)4/h3*1H;(H3,1,2,3,4). The van der Waals surface area contributed by atoms with Crippen LogP contribution in [-0.2, 0) is 41.8 Å². The zero-order valence-electron chi connectivity index (χ0n) is 4.92. The van der Waals surface area contributed by atoms with Crippen molar-refractivity contribution in [1.29, 1.82) is 14.3 Å². The normalized spacial score (nSPS) is 6.45. The molecule has 0 rings (SSSR count). The number of hydrogen-bond acceptors (Lipinski definition) is 7. The summed E-state index contributed by atoms with van der Waals surface area (Å²) in [5, 5.41) is 0. The smallest absolute Gasteiger partial charge is 0.303 e. The van der Waals surface area contributed by atoms with E-state index in [2.05, 4.69) is 37.3 Å². The number of rotatable bonds is 0. The van der Waals surface area contributed by atoms with E-state index < -0.39 is 7.82 Å². The fourth-order valence-corrected chi connectivity index (χ4v) is 0. The Morgan fingerprint density at radius 1 is 0.818 bits per heavy atom. The van der Waals surface area contributed by atoms with Gasteiger partial charge in [0, 0.05) is 37.3 Å². The summed E-state index contributed by atoms with van der Waals surface area (Å²) >= 11 is 10.0. The van der Waals surface area contributed by atoms with Gasteiger partial charge >= 0.3 is 7.82 Å². The molecule has 0 unspecified atom stereocenters. The van der Waals surface area contributed by atoms with E-state index in [0.29, 0.717) is 0 Å². The maximum atomic E-state index is 8.88. The first kappa shape index (κ1) is 22.5. The van der Waals surface area contributed by atoms with E-state index >= 15 is 0 Å². The highest BCUT2D eigenvalue weighted by Crippen LogP contribution is 2.25. The summed E-state index contributed by atoms with van der Waals surface area (Å²) in [6.07, 6.45) is 0. The van der Waals surface area contributed by atoms with Crippen LogP contribution in [0.1, 0.15) is 0 Å². The molecule has 0 heterocycles. The van der Waals surface area contributed by atoms with Gasteiger partial charge in [-0.3, -0.25) is 0 Å². The summed E-state index contributed by atoms with van der Waals surface area (Å²) in [7, 11) is -4.64. The van der Waals surface area contributed by atoms with Gasteiger partial charge in [-0.1, -0.05) is 0 Å². The van der Waals surface area contributed by atoms with Crippen molar-refractivity contribution in [2.45, 2.75) is 0 Å². The van der Waals surface area contributed by atoms with Crippen LogP contribution >= 0.6 is 7.82 Å². The second-order valence-corrected chi connectivity index (χ2v) is 1.54. The molecule has 0 aromatic rings. The molecule has 0 saturated heterocycles. The van der Waals surface area contributed by atoms with Crippen molar-refractivity contribution in [3.63, 3.8) is 0 Å². The minimum atomic E-state index is -4.64. The summed E-state index contributed by atoms with van der Waals surface area (Å²) in [4.78, 5) is 21.6. The lowest BCUT2D eigenvalue weighted by Gasteiger charge is -1.82. The average Bonchev–Trinajstić information content (AvgIpc) is 1.96. The van der Waals surface area contributed by atoms with Gasteiger partial charge in [-0.15, -0.1) is 0 Å². The zero-order chi connectivity index (χ0) is 10.5. The van der Waals surface area contributed by atoms with Crippen LogP contribution in [0.2, 0.25) is 0 Å². The van der Waals surface area contributed by atoms with Gasteiger partial charge < -0.3 is 14.7 Å². The summed E-state index contributed by atoms with van der Waals surface area (Å²) in [5.74, 6) is 0. The first-order valence-corrected chi connectivity index (χ1v) is 4.18. The number of nitrogens with one attached hydrogen (secondary N) is 3. The van der Waals surface area contributed by atoms with Crippen LogP contribution in [0.4, 0.5) is 0 Å². The Morgan fingerprint density at radius 2 is 0.818 bits per heavy atom. The third-order valence-corrected chi connectivity index (χ3v) is 0. The molecule has 0 aromatic carbocycles. The van der Waals surface area contributed by atoms with Gasteiger partial charge in [0.15, 0.2) is 0 Å². The molecule has 6 N–H and O–H groups in total. The molecule has 0 fully saturated rings. The van der Waals surface area contributed by atoms with E-state index in [0.717, 1.165) is 0 Å². The Morgan fingerprint density at radius 3 is 0.818 bits per heavy atom.